The Kier molecular flexibility index (Phi) is 4.30. The molecule has 1 amide bonds. The van der Waals surface area contributed by atoms with Crippen molar-refractivity contribution in [2.75, 3.05) is 20.6 Å². The van der Waals surface area contributed by atoms with Crippen LogP contribution in [0.3, 0.4) is 0 Å². The molecule has 0 radical (unpaired) electrons. The SMILES string of the molecule is C[NH+](C)[C@@H](CNC(=O)c1ccncc1)c1ccco1. The van der Waals surface area contributed by atoms with Crippen LogP contribution in [0.4, 0.5) is 0 Å². The third-order valence-corrected chi connectivity index (χ3v) is 2.99. The summed E-state index contributed by atoms with van der Waals surface area (Å²) >= 11 is 0. The van der Waals surface area contributed by atoms with Crippen LogP contribution >= 0.6 is 0 Å². The van der Waals surface area contributed by atoms with Crippen molar-refractivity contribution in [2.45, 2.75) is 6.04 Å². The second kappa shape index (κ2) is 6.15. The Morgan fingerprint density at radius 1 is 1.37 bits per heavy atom. The largest absolute Gasteiger partial charge is 0.463 e. The van der Waals surface area contributed by atoms with Gasteiger partial charge in [-0.1, -0.05) is 0 Å². The average Bonchev–Trinajstić information content (AvgIpc) is 2.93. The number of rotatable bonds is 5. The maximum absolute atomic E-state index is 12.0. The van der Waals surface area contributed by atoms with E-state index >= 15 is 0 Å². The number of carbonyl (C=O) groups is 1. The molecule has 0 aliphatic carbocycles. The van der Waals surface area contributed by atoms with Gasteiger partial charge in [0.2, 0.25) is 0 Å². The summed E-state index contributed by atoms with van der Waals surface area (Å²) in [6, 6.07) is 7.27. The summed E-state index contributed by atoms with van der Waals surface area (Å²) in [6.45, 7) is 0.525. The molecular weight excluding hydrogens is 242 g/mol. The van der Waals surface area contributed by atoms with Crippen molar-refractivity contribution in [1.29, 1.82) is 0 Å². The molecule has 19 heavy (non-hydrogen) atoms. The number of quaternary nitrogens is 1. The zero-order valence-electron chi connectivity index (χ0n) is 11.1. The van der Waals surface area contributed by atoms with Crippen molar-refractivity contribution in [3.63, 3.8) is 0 Å². The standard InChI is InChI=1S/C14H17N3O2/c1-17(2)12(13-4-3-9-19-13)10-16-14(18)11-5-7-15-8-6-11/h3-9,12H,10H2,1-2H3,(H,16,18)/p+1/t12-/m0/s1. The van der Waals surface area contributed by atoms with Crippen LogP contribution in [-0.2, 0) is 0 Å². The molecule has 0 bridgehead atoms. The molecule has 0 unspecified atom stereocenters. The first kappa shape index (κ1) is 13.3. The molecule has 0 spiro atoms. The van der Waals surface area contributed by atoms with Crippen LogP contribution in [0.1, 0.15) is 22.2 Å². The molecular formula is C14H18N3O2+. The third kappa shape index (κ3) is 3.42. The predicted octanol–water partition coefficient (Wildman–Crippen LogP) is 0.290. The molecule has 2 N–H and O–H groups in total. The Morgan fingerprint density at radius 3 is 2.68 bits per heavy atom. The van der Waals surface area contributed by atoms with E-state index in [-0.39, 0.29) is 11.9 Å². The summed E-state index contributed by atoms with van der Waals surface area (Å²) < 4.78 is 5.41. The fraction of sp³-hybridized carbons (Fsp3) is 0.286. The molecule has 0 aromatic carbocycles. The Morgan fingerprint density at radius 2 is 2.11 bits per heavy atom. The van der Waals surface area contributed by atoms with Crippen molar-refractivity contribution in [3.8, 4) is 0 Å². The lowest BCUT2D eigenvalue weighted by Gasteiger charge is -2.19. The summed E-state index contributed by atoms with van der Waals surface area (Å²) in [5.41, 5.74) is 0.613. The molecule has 2 rings (SSSR count). The Hall–Kier alpha value is -2.14. The zero-order chi connectivity index (χ0) is 13.7. The maximum atomic E-state index is 12.0. The molecule has 0 fully saturated rings. The molecule has 1 atom stereocenters. The van der Waals surface area contributed by atoms with E-state index in [1.54, 1.807) is 30.8 Å². The molecule has 5 heteroatoms. The summed E-state index contributed by atoms with van der Waals surface area (Å²) in [7, 11) is 4.07. The second-order valence-electron chi connectivity index (χ2n) is 4.59. The van der Waals surface area contributed by atoms with Crippen molar-refractivity contribution in [3.05, 3.63) is 54.2 Å². The molecule has 2 aromatic rings. The number of furan rings is 1. The second-order valence-corrected chi connectivity index (χ2v) is 4.59. The number of hydrogen-bond acceptors (Lipinski definition) is 3. The van der Waals surface area contributed by atoms with Crippen LogP contribution in [0, 0.1) is 0 Å². The van der Waals surface area contributed by atoms with E-state index in [9.17, 15) is 4.79 Å². The average molecular weight is 260 g/mol. The first-order valence-electron chi connectivity index (χ1n) is 6.20. The summed E-state index contributed by atoms with van der Waals surface area (Å²) in [5.74, 6) is 0.773. The number of likely N-dealkylation sites (N-methyl/N-ethyl adjacent to an activating group) is 1. The van der Waals surface area contributed by atoms with Gasteiger partial charge in [-0.2, -0.15) is 0 Å². The molecule has 100 valence electrons. The normalized spacial score (nSPS) is 12.4. The van der Waals surface area contributed by atoms with E-state index in [4.69, 9.17) is 4.42 Å². The molecule has 0 aliphatic heterocycles. The molecule has 0 aliphatic rings. The fourth-order valence-corrected chi connectivity index (χ4v) is 1.88. The van der Waals surface area contributed by atoms with Crippen LogP contribution in [0.5, 0.6) is 0 Å². The maximum Gasteiger partial charge on any atom is 0.251 e. The highest BCUT2D eigenvalue weighted by molar-refractivity contribution is 5.93. The number of pyridine rings is 1. The third-order valence-electron chi connectivity index (χ3n) is 2.99. The van der Waals surface area contributed by atoms with Crippen LogP contribution in [-0.4, -0.2) is 31.5 Å². The van der Waals surface area contributed by atoms with E-state index in [2.05, 4.69) is 10.3 Å². The van der Waals surface area contributed by atoms with Gasteiger partial charge in [-0.15, -0.1) is 0 Å². The van der Waals surface area contributed by atoms with Crippen molar-refractivity contribution < 1.29 is 14.1 Å². The van der Waals surface area contributed by atoms with Crippen LogP contribution in [0.25, 0.3) is 0 Å². The minimum absolute atomic E-state index is 0.0970. The summed E-state index contributed by atoms with van der Waals surface area (Å²) in [5, 5.41) is 2.92. The quantitative estimate of drug-likeness (QED) is 0.812. The summed E-state index contributed by atoms with van der Waals surface area (Å²) in [4.78, 5) is 17.1. The first-order chi connectivity index (χ1) is 9.18. The van der Waals surface area contributed by atoms with E-state index in [1.165, 1.54) is 4.90 Å². The molecule has 0 saturated heterocycles. The van der Waals surface area contributed by atoms with E-state index in [1.807, 2.05) is 26.2 Å². The van der Waals surface area contributed by atoms with Crippen molar-refractivity contribution in [2.24, 2.45) is 0 Å². The minimum Gasteiger partial charge on any atom is -0.463 e. The van der Waals surface area contributed by atoms with E-state index < -0.39 is 0 Å². The van der Waals surface area contributed by atoms with Gasteiger partial charge in [-0.25, -0.2) is 0 Å². The smallest absolute Gasteiger partial charge is 0.251 e. The minimum atomic E-state index is -0.0970. The van der Waals surface area contributed by atoms with Gasteiger partial charge in [0, 0.05) is 18.0 Å². The van der Waals surface area contributed by atoms with E-state index in [0.717, 1.165) is 5.76 Å². The van der Waals surface area contributed by atoms with Crippen LogP contribution in [0.15, 0.2) is 47.3 Å². The lowest BCUT2D eigenvalue weighted by molar-refractivity contribution is -0.891. The molecule has 2 heterocycles. The lowest BCUT2D eigenvalue weighted by Crippen LogP contribution is -3.07. The Bertz CT molecular complexity index is 509. The van der Waals surface area contributed by atoms with Crippen molar-refractivity contribution >= 4 is 5.91 Å². The monoisotopic (exact) mass is 260 g/mol. The van der Waals surface area contributed by atoms with Gasteiger partial charge in [0.05, 0.1) is 26.9 Å². The van der Waals surface area contributed by atoms with Gasteiger partial charge in [0.15, 0.2) is 11.8 Å². The fourth-order valence-electron chi connectivity index (χ4n) is 1.88. The molecule has 2 aromatic heterocycles. The number of carbonyl (C=O) groups excluding carboxylic acids is 1. The number of nitrogens with one attached hydrogen (secondary N) is 2. The zero-order valence-corrected chi connectivity index (χ0v) is 11.1. The number of amides is 1. The molecule has 5 nitrogen and oxygen atoms in total. The van der Waals surface area contributed by atoms with Gasteiger partial charge in [-0.3, -0.25) is 9.78 Å². The van der Waals surface area contributed by atoms with Crippen LogP contribution in [0.2, 0.25) is 0 Å². The van der Waals surface area contributed by atoms with Gasteiger partial charge in [0.1, 0.15) is 0 Å². The van der Waals surface area contributed by atoms with Gasteiger partial charge in [-0.05, 0) is 24.3 Å². The predicted molar refractivity (Wildman–Crippen MR) is 70.8 cm³/mol. The van der Waals surface area contributed by atoms with Gasteiger partial charge in [0.25, 0.3) is 5.91 Å². The number of hydrogen-bond donors (Lipinski definition) is 2. The highest BCUT2D eigenvalue weighted by Crippen LogP contribution is 2.09. The Labute approximate surface area is 112 Å². The Balaban J connectivity index is 1.98. The number of aromatic nitrogens is 1. The summed E-state index contributed by atoms with van der Waals surface area (Å²) in [6.07, 6.45) is 4.86. The highest BCUT2D eigenvalue weighted by Gasteiger charge is 2.21. The molecule has 0 saturated carbocycles. The highest BCUT2D eigenvalue weighted by atomic mass is 16.3. The van der Waals surface area contributed by atoms with Gasteiger partial charge < -0.3 is 14.6 Å². The van der Waals surface area contributed by atoms with Crippen LogP contribution < -0.4 is 10.2 Å². The number of nitrogens with zero attached hydrogens (tertiary/aromatic N) is 1. The van der Waals surface area contributed by atoms with Crippen molar-refractivity contribution in [1.82, 2.24) is 10.3 Å². The van der Waals surface area contributed by atoms with E-state index in [0.29, 0.717) is 12.1 Å². The lowest BCUT2D eigenvalue weighted by atomic mass is 10.2. The topological polar surface area (TPSA) is 59.6 Å². The first-order valence-corrected chi connectivity index (χ1v) is 6.20. The van der Waals surface area contributed by atoms with Gasteiger partial charge >= 0.3 is 0 Å².